The smallest absolute Gasteiger partial charge is 0.394 e. The molecule has 1 heterocycles. The van der Waals surface area contributed by atoms with E-state index in [-0.39, 0.29) is 35.5 Å². The molecule has 2 unspecified atom stereocenters. The van der Waals surface area contributed by atoms with Crippen LogP contribution in [0.15, 0.2) is 24.3 Å². The summed E-state index contributed by atoms with van der Waals surface area (Å²) in [6, 6.07) is -0.890. The Hall–Kier alpha value is -0.910. The second-order valence-electron chi connectivity index (χ2n) is 4.38. The topological polar surface area (TPSA) is 77.3 Å². The van der Waals surface area contributed by atoms with Crippen molar-refractivity contribution in [3.8, 4) is 0 Å². The number of carbonyl (C=O) groups excluding carboxylic acids is 3. The van der Waals surface area contributed by atoms with Gasteiger partial charge in [0.1, 0.15) is 5.41 Å². The molecule has 18 heavy (non-hydrogen) atoms. The van der Waals surface area contributed by atoms with Gasteiger partial charge in [0.25, 0.3) is 0 Å². The summed E-state index contributed by atoms with van der Waals surface area (Å²) in [6.07, 6.45) is 5.26. The van der Waals surface area contributed by atoms with Gasteiger partial charge in [-0.25, -0.2) is 0 Å². The van der Waals surface area contributed by atoms with Gasteiger partial charge in [-0.05, 0) is 19.8 Å². The zero-order valence-corrected chi connectivity index (χ0v) is 12.5. The summed E-state index contributed by atoms with van der Waals surface area (Å²) in [6.45, 7) is 5.35. The number of nitrogens with zero attached hydrogens (tertiary/aromatic N) is 1. The van der Waals surface area contributed by atoms with Gasteiger partial charge in [-0.1, -0.05) is 24.3 Å². The van der Waals surface area contributed by atoms with Crippen molar-refractivity contribution >= 4 is 17.8 Å². The van der Waals surface area contributed by atoms with Crippen LogP contribution in [-0.4, -0.2) is 17.8 Å². The quantitative estimate of drug-likeness (QED) is 0.378. The van der Waals surface area contributed by atoms with E-state index >= 15 is 0 Å². The van der Waals surface area contributed by atoms with Crippen LogP contribution >= 0.6 is 0 Å². The van der Waals surface area contributed by atoms with Crippen molar-refractivity contribution in [2.75, 3.05) is 0 Å². The molecule has 90 valence electrons. The van der Waals surface area contributed by atoms with Crippen LogP contribution in [0, 0.1) is 11.3 Å². The monoisotopic (exact) mass is 256 g/mol. The van der Waals surface area contributed by atoms with Crippen LogP contribution in [0.5, 0.6) is 0 Å². The zero-order valence-electron chi connectivity index (χ0n) is 10.5. The van der Waals surface area contributed by atoms with Gasteiger partial charge in [0.15, 0.2) is 17.8 Å². The van der Waals surface area contributed by atoms with Gasteiger partial charge in [-0.3, -0.25) is 14.4 Å². The summed E-state index contributed by atoms with van der Waals surface area (Å²) < 4.78 is 0. The SMILES string of the molecule is C=C(C)C1(C2C=CCC2)C(=O)[N-]C(=O)NC1=O.[Na+]. The minimum absolute atomic E-state index is 0. The third kappa shape index (κ3) is 2.06. The van der Waals surface area contributed by atoms with Crippen molar-refractivity contribution < 1.29 is 43.9 Å². The Labute approximate surface area is 127 Å². The Balaban J connectivity index is 0.00000162. The van der Waals surface area contributed by atoms with Crippen LogP contribution in [0.3, 0.4) is 0 Å². The number of amides is 4. The van der Waals surface area contributed by atoms with Gasteiger partial charge >= 0.3 is 29.6 Å². The third-order valence-electron chi connectivity index (χ3n) is 3.36. The molecule has 1 fully saturated rings. The summed E-state index contributed by atoms with van der Waals surface area (Å²) in [7, 11) is 0. The third-order valence-corrected chi connectivity index (χ3v) is 3.36. The van der Waals surface area contributed by atoms with Crippen molar-refractivity contribution in [2.24, 2.45) is 11.3 Å². The average molecular weight is 256 g/mol. The molecule has 5 nitrogen and oxygen atoms in total. The van der Waals surface area contributed by atoms with Crippen LogP contribution < -0.4 is 34.9 Å². The largest absolute Gasteiger partial charge is 1.00 e. The van der Waals surface area contributed by atoms with Crippen molar-refractivity contribution in [1.82, 2.24) is 5.32 Å². The van der Waals surface area contributed by atoms with E-state index in [9.17, 15) is 14.4 Å². The van der Waals surface area contributed by atoms with E-state index < -0.39 is 23.3 Å². The molecule has 0 saturated carbocycles. The van der Waals surface area contributed by atoms with Crippen molar-refractivity contribution in [2.45, 2.75) is 19.8 Å². The Morgan fingerprint density at radius 1 is 1.50 bits per heavy atom. The van der Waals surface area contributed by atoms with Crippen molar-refractivity contribution in [3.63, 3.8) is 0 Å². The Morgan fingerprint density at radius 2 is 2.17 bits per heavy atom. The number of rotatable bonds is 2. The average Bonchev–Trinajstić information content (AvgIpc) is 2.69. The first-order valence-corrected chi connectivity index (χ1v) is 5.43. The van der Waals surface area contributed by atoms with E-state index in [1.807, 2.05) is 12.2 Å². The van der Waals surface area contributed by atoms with Gasteiger partial charge in [0.2, 0.25) is 0 Å². The minimum atomic E-state index is -1.40. The fourth-order valence-electron chi connectivity index (χ4n) is 2.51. The summed E-state index contributed by atoms with van der Waals surface area (Å²) in [4.78, 5) is 35.1. The first-order chi connectivity index (χ1) is 7.99. The van der Waals surface area contributed by atoms with Crippen molar-refractivity contribution in [3.05, 3.63) is 29.6 Å². The molecular weight excluding hydrogens is 243 g/mol. The summed E-state index contributed by atoms with van der Waals surface area (Å²) in [5, 5.41) is 5.45. The van der Waals surface area contributed by atoms with Gasteiger partial charge in [0, 0.05) is 5.92 Å². The number of nitrogens with one attached hydrogen (secondary N) is 1. The Morgan fingerprint density at radius 3 is 2.61 bits per heavy atom. The van der Waals surface area contributed by atoms with E-state index in [4.69, 9.17) is 0 Å². The van der Waals surface area contributed by atoms with Gasteiger partial charge in [0.05, 0.1) is 0 Å². The molecule has 2 aliphatic rings. The van der Waals surface area contributed by atoms with Crippen LogP contribution in [0.1, 0.15) is 19.8 Å². The number of barbiturate groups is 1. The molecule has 0 aromatic rings. The predicted octanol–water partition coefficient (Wildman–Crippen LogP) is -1.33. The maximum absolute atomic E-state index is 12.1. The van der Waals surface area contributed by atoms with Crippen LogP contribution in [-0.2, 0) is 9.59 Å². The molecule has 1 saturated heterocycles. The molecule has 0 bridgehead atoms. The van der Waals surface area contributed by atoms with E-state index in [1.54, 1.807) is 6.92 Å². The normalized spacial score (nSPS) is 30.5. The van der Waals surface area contributed by atoms with E-state index in [0.29, 0.717) is 12.0 Å². The number of allylic oxidation sites excluding steroid dienone is 2. The minimum Gasteiger partial charge on any atom is -0.394 e. The maximum Gasteiger partial charge on any atom is 1.00 e. The number of hydrogen-bond acceptors (Lipinski definition) is 3. The first-order valence-electron chi connectivity index (χ1n) is 5.43. The molecule has 1 aliphatic heterocycles. The predicted molar refractivity (Wildman–Crippen MR) is 61.0 cm³/mol. The van der Waals surface area contributed by atoms with E-state index in [2.05, 4.69) is 17.2 Å². The Bertz CT molecular complexity index is 436. The number of carbonyl (C=O) groups is 3. The standard InChI is InChI=1S/C12H14N2O3.Na/c1-7(2)12(8-5-3-4-6-8)9(15)13-11(17)14-10(12)16;/h3,5,8H,1,4,6H2,2H3,(H2,13,14,15,16,17);/q;+1/p-1. The first kappa shape index (κ1) is 15.1. The summed E-state index contributed by atoms with van der Waals surface area (Å²) in [5.74, 6) is -1.56. The van der Waals surface area contributed by atoms with Crippen molar-refractivity contribution in [1.29, 1.82) is 0 Å². The van der Waals surface area contributed by atoms with E-state index in [0.717, 1.165) is 6.42 Å². The summed E-state index contributed by atoms with van der Waals surface area (Å²) in [5.41, 5.74) is -0.978. The Kier molecular flexibility index (Phi) is 4.53. The molecular formula is C12H13N2NaO3. The second kappa shape index (κ2) is 5.38. The van der Waals surface area contributed by atoms with Crippen LogP contribution in [0.25, 0.3) is 5.32 Å². The molecule has 0 spiro atoms. The second-order valence-corrected chi connectivity index (χ2v) is 4.38. The van der Waals surface area contributed by atoms with E-state index in [1.165, 1.54) is 0 Å². The molecule has 2 rings (SSSR count). The fourth-order valence-corrected chi connectivity index (χ4v) is 2.51. The zero-order chi connectivity index (χ0) is 12.6. The molecule has 0 aromatic carbocycles. The molecule has 1 N–H and O–H groups in total. The number of hydrogen-bond donors (Lipinski definition) is 1. The van der Waals surface area contributed by atoms with Crippen LogP contribution in [0.4, 0.5) is 4.79 Å². The molecule has 2 atom stereocenters. The number of urea groups is 1. The summed E-state index contributed by atoms with van der Waals surface area (Å²) >= 11 is 0. The fraction of sp³-hybridized carbons (Fsp3) is 0.417. The molecule has 0 aromatic heterocycles. The number of imide groups is 2. The molecule has 0 radical (unpaired) electrons. The van der Waals surface area contributed by atoms with Gasteiger partial charge in [-0.2, -0.15) is 0 Å². The molecule has 6 heteroatoms. The molecule has 1 aliphatic carbocycles. The van der Waals surface area contributed by atoms with Crippen LogP contribution in [0.2, 0.25) is 0 Å². The maximum atomic E-state index is 12.1. The van der Waals surface area contributed by atoms with Gasteiger partial charge < -0.3 is 10.6 Å². The molecule has 4 amide bonds. The van der Waals surface area contributed by atoms with Gasteiger partial charge in [-0.15, -0.1) is 0 Å².